The maximum Gasteiger partial charge on any atom is 0.317 e. The van der Waals surface area contributed by atoms with E-state index in [2.05, 4.69) is 0 Å². The molecule has 0 aromatic carbocycles. The van der Waals surface area contributed by atoms with Crippen molar-refractivity contribution >= 4 is 0 Å². The van der Waals surface area contributed by atoms with Crippen LogP contribution < -0.4 is 0 Å². The van der Waals surface area contributed by atoms with Gasteiger partial charge >= 0.3 is 5.97 Å². The van der Waals surface area contributed by atoms with Gasteiger partial charge in [0.2, 0.25) is 0 Å². The molecule has 0 heterocycles. The molecule has 10 N–H and O–H groups in total. The van der Waals surface area contributed by atoms with Gasteiger partial charge in [-0.1, -0.05) is 0 Å². The van der Waals surface area contributed by atoms with Crippen LogP contribution >= 0.6 is 0 Å². The van der Waals surface area contributed by atoms with E-state index in [1.54, 1.807) is 0 Å². The van der Waals surface area contributed by atoms with Crippen molar-refractivity contribution in [3.63, 3.8) is 0 Å². The minimum Gasteiger partial charge on any atom is -0.373 e. The van der Waals surface area contributed by atoms with Crippen molar-refractivity contribution in [3.8, 4) is 0 Å². The highest BCUT2D eigenvalue weighted by atomic mass is 16.8. The molecule has 0 bridgehead atoms. The van der Waals surface area contributed by atoms with E-state index in [0.717, 1.165) is 0 Å². The average Bonchev–Trinajstić information content (AvgIpc) is 1.98. The van der Waals surface area contributed by atoms with Crippen molar-refractivity contribution in [2.45, 2.75) is 28.9 Å². The first-order valence-electron chi connectivity index (χ1n) is 3.49. The van der Waals surface area contributed by atoms with Gasteiger partial charge in [-0.2, -0.15) is 0 Å². The van der Waals surface area contributed by atoms with Crippen LogP contribution in [0.15, 0.2) is 0 Å². The lowest BCUT2D eigenvalue weighted by molar-refractivity contribution is -0.645. The van der Waals surface area contributed by atoms with E-state index in [9.17, 15) is 0 Å². The Morgan fingerprint density at radius 2 is 0.800 bits per heavy atom. The Labute approximate surface area is 81.1 Å². The fourth-order valence-corrected chi connectivity index (χ4v) is 1.40. The van der Waals surface area contributed by atoms with E-state index in [4.69, 9.17) is 51.1 Å². The Kier molecular flexibility index (Phi) is 2.08. The predicted octanol–water partition coefficient (Wildman–Crippen LogP) is -6.60. The molecule has 0 aliphatic heterocycles. The first-order chi connectivity index (χ1) is 6.25. The Hall–Kier alpha value is -0.400. The summed E-state index contributed by atoms with van der Waals surface area (Å²) in [6.45, 7) is 0. The molecule has 10 nitrogen and oxygen atoms in total. The Bertz CT molecular complexity index is 267. The fourth-order valence-electron chi connectivity index (χ4n) is 1.40. The molecule has 0 radical (unpaired) electrons. The van der Waals surface area contributed by atoms with Crippen molar-refractivity contribution < 1.29 is 51.1 Å². The molecule has 1 aliphatic rings. The Morgan fingerprint density at radius 1 is 0.533 bits per heavy atom. The Morgan fingerprint density at radius 3 is 0.933 bits per heavy atom. The van der Waals surface area contributed by atoms with Gasteiger partial charge in [0, 0.05) is 0 Å². The summed E-state index contributed by atoms with van der Waals surface area (Å²) in [5, 5.41) is 87.4. The second-order valence-electron chi connectivity index (χ2n) is 3.36. The van der Waals surface area contributed by atoms with Crippen molar-refractivity contribution in [3.05, 3.63) is 0 Å². The van der Waals surface area contributed by atoms with Gasteiger partial charge in [-0.3, -0.25) is 0 Å². The van der Waals surface area contributed by atoms with Crippen LogP contribution in [0.4, 0.5) is 0 Å². The van der Waals surface area contributed by atoms with E-state index in [1.807, 2.05) is 0 Å². The quantitative estimate of drug-likeness (QED) is 0.193. The number of hydrogen-bond acceptors (Lipinski definition) is 10. The number of aliphatic hydroxyl groups is 10. The highest BCUT2D eigenvalue weighted by Gasteiger charge is 2.96. The van der Waals surface area contributed by atoms with Crippen molar-refractivity contribution in [2.75, 3.05) is 0 Å². The van der Waals surface area contributed by atoms with Crippen molar-refractivity contribution in [2.24, 2.45) is 0 Å². The lowest BCUT2D eigenvalue weighted by Gasteiger charge is -2.65. The zero-order valence-electron chi connectivity index (χ0n) is 6.97. The molecule has 0 atom stereocenters. The second kappa shape index (κ2) is 2.46. The van der Waals surface area contributed by atoms with Crippen LogP contribution in [-0.4, -0.2) is 80.0 Å². The van der Waals surface area contributed by atoms with Gasteiger partial charge < -0.3 is 51.1 Å². The summed E-state index contributed by atoms with van der Waals surface area (Å²) in [6, 6.07) is 0. The molecule has 1 fully saturated rings. The maximum atomic E-state index is 9.07. The summed E-state index contributed by atoms with van der Waals surface area (Å²) in [7, 11) is 0. The van der Waals surface area contributed by atoms with E-state index in [-0.39, 0.29) is 0 Å². The summed E-state index contributed by atoms with van der Waals surface area (Å²) < 4.78 is 0. The molecule has 15 heavy (non-hydrogen) atoms. The molecular formula is C5H10O10. The minimum atomic E-state index is -4.41. The zero-order valence-corrected chi connectivity index (χ0v) is 6.97. The van der Waals surface area contributed by atoms with Gasteiger partial charge in [-0.15, -0.1) is 0 Å². The fraction of sp³-hybridized carbons (Fsp3) is 1.00. The van der Waals surface area contributed by atoms with Gasteiger partial charge in [0.05, 0.1) is 0 Å². The topological polar surface area (TPSA) is 202 Å². The first-order valence-corrected chi connectivity index (χ1v) is 3.49. The van der Waals surface area contributed by atoms with Crippen LogP contribution in [0, 0.1) is 0 Å². The van der Waals surface area contributed by atoms with Gasteiger partial charge in [-0.05, 0) is 0 Å². The zero-order chi connectivity index (χ0) is 12.5. The van der Waals surface area contributed by atoms with Crippen LogP contribution in [0.25, 0.3) is 0 Å². The summed E-state index contributed by atoms with van der Waals surface area (Å²) >= 11 is 0. The van der Waals surface area contributed by atoms with Crippen LogP contribution in [0.2, 0.25) is 0 Å². The molecule has 0 aromatic heterocycles. The molecule has 10 heteroatoms. The molecule has 0 amide bonds. The van der Waals surface area contributed by atoms with E-state index in [0.29, 0.717) is 0 Å². The largest absolute Gasteiger partial charge is 0.373 e. The molecular weight excluding hydrogens is 220 g/mol. The minimum absolute atomic E-state index is 4.10. The number of hydrogen-bond donors (Lipinski definition) is 10. The SMILES string of the molecule is OC(O)(O)C1(O)C(O)(O)C(O)(O)C1(O)O. The summed E-state index contributed by atoms with van der Waals surface area (Å²) in [5.74, 6) is -16.9. The lowest BCUT2D eigenvalue weighted by Crippen LogP contribution is -3.00. The van der Waals surface area contributed by atoms with Crippen LogP contribution in [0.3, 0.4) is 0 Å². The molecule has 0 unspecified atom stereocenters. The summed E-state index contributed by atoms with van der Waals surface area (Å²) in [5.41, 5.74) is -4.23. The van der Waals surface area contributed by atoms with E-state index >= 15 is 0 Å². The lowest BCUT2D eigenvalue weighted by atomic mass is 9.60. The van der Waals surface area contributed by atoms with Crippen molar-refractivity contribution in [1.82, 2.24) is 0 Å². The van der Waals surface area contributed by atoms with Gasteiger partial charge in [0.25, 0.3) is 23.0 Å². The molecule has 0 spiro atoms. The normalized spacial score (nSPS) is 30.8. The first kappa shape index (κ1) is 12.7. The smallest absolute Gasteiger partial charge is 0.317 e. The summed E-state index contributed by atoms with van der Waals surface area (Å²) in [6.07, 6.45) is 0. The van der Waals surface area contributed by atoms with Crippen LogP contribution in [-0.2, 0) is 0 Å². The third-order valence-electron chi connectivity index (χ3n) is 2.47. The molecule has 1 saturated carbocycles. The monoisotopic (exact) mass is 230 g/mol. The molecule has 0 aromatic rings. The van der Waals surface area contributed by atoms with Gasteiger partial charge in [-0.25, -0.2) is 0 Å². The Balaban J connectivity index is 3.36. The molecule has 1 aliphatic carbocycles. The highest BCUT2D eigenvalue weighted by Crippen LogP contribution is 2.57. The molecule has 0 saturated heterocycles. The van der Waals surface area contributed by atoms with Crippen LogP contribution in [0.5, 0.6) is 0 Å². The van der Waals surface area contributed by atoms with Crippen molar-refractivity contribution in [1.29, 1.82) is 0 Å². The van der Waals surface area contributed by atoms with Crippen LogP contribution in [0.1, 0.15) is 0 Å². The second-order valence-corrected chi connectivity index (χ2v) is 3.36. The third kappa shape index (κ3) is 0.920. The number of rotatable bonds is 1. The molecule has 1 rings (SSSR count). The van der Waals surface area contributed by atoms with E-state index in [1.165, 1.54) is 0 Å². The standard InChI is InChI=1S/C5H10O10/c6-1(5(13,14)15)2(7,8)4(11,12)3(1,9)10/h6-15H. The molecule has 90 valence electrons. The van der Waals surface area contributed by atoms with Gasteiger partial charge in [0.1, 0.15) is 0 Å². The average molecular weight is 230 g/mol. The third-order valence-corrected chi connectivity index (χ3v) is 2.47. The summed E-state index contributed by atoms with van der Waals surface area (Å²) in [4.78, 5) is 0. The van der Waals surface area contributed by atoms with E-state index < -0.39 is 28.9 Å². The predicted molar refractivity (Wildman–Crippen MR) is 35.8 cm³/mol. The van der Waals surface area contributed by atoms with Gasteiger partial charge in [0.15, 0.2) is 0 Å². The highest BCUT2D eigenvalue weighted by molar-refractivity contribution is 5.27. The maximum absolute atomic E-state index is 9.07.